The van der Waals surface area contributed by atoms with Gasteiger partial charge >= 0.3 is 6.18 Å². The highest BCUT2D eigenvalue weighted by Gasteiger charge is 2.34. The first-order valence-corrected chi connectivity index (χ1v) is 10.3. The Hall–Kier alpha value is -3.17. The molecule has 0 bridgehead atoms. The third-order valence-electron chi connectivity index (χ3n) is 5.87. The molecule has 31 heavy (non-hydrogen) atoms. The van der Waals surface area contributed by atoms with Crippen LogP contribution in [0.3, 0.4) is 0 Å². The van der Waals surface area contributed by atoms with E-state index in [4.69, 9.17) is 0 Å². The number of hydrogen-bond acceptors (Lipinski definition) is 4. The minimum atomic E-state index is -4.49. The van der Waals surface area contributed by atoms with E-state index in [9.17, 15) is 18.0 Å². The van der Waals surface area contributed by atoms with Crippen molar-refractivity contribution in [3.8, 4) is 5.69 Å². The van der Waals surface area contributed by atoms with Crippen molar-refractivity contribution in [3.05, 3.63) is 59.9 Å². The number of rotatable bonds is 4. The van der Waals surface area contributed by atoms with E-state index in [1.54, 1.807) is 30.6 Å². The Kier molecular flexibility index (Phi) is 4.79. The highest BCUT2D eigenvalue weighted by molar-refractivity contribution is 5.94. The van der Waals surface area contributed by atoms with Gasteiger partial charge in [-0.05, 0) is 56.0 Å². The maximum atomic E-state index is 13.0. The quantitative estimate of drug-likeness (QED) is 0.631. The molecule has 5 rings (SSSR count). The molecule has 1 aliphatic carbocycles. The molecule has 1 atom stereocenters. The summed E-state index contributed by atoms with van der Waals surface area (Å²) in [6.07, 6.45) is 2.70. The Balaban J connectivity index is 1.29. The summed E-state index contributed by atoms with van der Waals surface area (Å²) < 4.78 is 41.6. The van der Waals surface area contributed by atoms with Crippen molar-refractivity contribution in [1.29, 1.82) is 0 Å². The molecule has 1 aromatic carbocycles. The Labute approximate surface area is 176 Å². The highest BCUT2D eigenvalue weighted by atomic mass is 19.4. The van der Waals surface area contributed by atoms with E-state index in [1.807, 2.05) is 4.90 Å². The van der Waals surface area contributed by atoms with E-state index in [1.165, 1.54) is 6.20 Å². The first-order valence-electron chi connectivity index (χ1n) is 10.3. The van der Waals surface area contributed by atoms with Crippen LogP contribution in [-0.2, 0) is 6.18 Å². The smallest absolute Gasteiger partial charge is 0.338 e. The molecule has 1 saturated carbocycles. The van der Waals surface area contributed by atoms with Gasteiger partial charge in [0.2, 0.25) is 0 Å². The predicted molar refractivity (Wildman–Crippen MR) is 105 cm³/mol. The summed E-state index contributed by atoms with van der Waals surface area (Å²) in [7, 11) is 0. The molecule has 2 aromatic heterocycles. The zero-order valence-corrected chi connectivity index (χ0v) is 16.7. The van der Waals surface area contributed by atoms with Crippen molar-refractivity contribution in [2.75, 3.05) is 13.1 Å². The number of carbonyl (C=O) groups excluding carboxylic acids is 1. The third-order valence-corrected chi connectivity index (χ3v) is 5.87. The summed E-state index contributed by atoms with van der Waals surface area (Å²) in [5, 5.41) is 12.0. The van der Waals surface area contributed by atoms with Crippen LogP contribution in [0.5, 0.6) is 0 Å². The Morgan fingerprint density at radius 1 is 1.06 bits per heavy atom. The second-order valence-corrected chi connectivity index (χ2v) is 8.11. The van der Waals surface area contributed by atoms with Crippen LogP contribution in [0.25, 0.3) is 5.69 Å². The normalized spacial score (nSPS) is 19.6. The number of benzene rings is 1. The largest absolute Gasteiger partial charge is 0.435 e. The van der Waals surface area contributed by atoms with Crippen LogP contribution in [0.15, 0.2) is 42.9 Å². The maximum Gasteiger partial charge on any atom is 0.435 e. The molecule has 1 unspecified atom stereocenters. The number of nitrogens with zero attached hydrogens (tertiary/aromatic N) is 6. The molecule has 0 spiro atoms. The van der Waals surface area contributed by atoms with Crippen molar-refractivity contribution in [1.82, 2.24) is 29.4 Å². The molecule has 10 heteroatoms. The number of amides is 1. The number of carbonyl (C=O) groups is 1. The van der Waals surface area contributed by atoms with Gasteiger partial charge in [-0.25, -0.2) is 4.68 Å². The molecule has 1 saturated heterocycles. The van der Waals surface area contributed by atoms with Gasteiger partial charge in [0.05, 0.1) is 5.69 Å². The van der Waals surface area contributed by atoms with Crippen molar-refractivity contribution in [3.63, 3.8) is 0 Å². The van der Waals surface area contributed by atoms with Crippen molar-refractivity contribution in [2.24, 2.45) is 0 Å². The summed E-state index contributed by atoms with van der Waals surface area (Å²) in [5.74, 6) is 1.02. The van der Waals surface area contributed by atoms with Gasteiger partial charge in [0, 0.05) is 36.8 Å². The second kappa shape index (κ2) is 7.51. The predicted octanol–water partition coefficient (Wildman–Crippen LogP) is 3.84. The summed E-state index contributed by atoms with van der Waals surface area (Å²) in [5.41, 5.74) is 0.00317. The molecule has 1 aliphatic heterocycles. The summed E-state index contributed by atoms with van der Waals surface area (Å²) in [6, 6.07) is 7.87. The van der Waals surface area contributed by atoms with Crippen molar-refractivity contribution < 1.29 is 18.0 Å². The molecular weight excluding hydrogens is 409 g/mol. The topological polar surface area (TPSA) is 68.8 Å². The molecule has 3 aromatic rings. The minimum absolute atomic E-state index is 0.0924. The van der Waals surface area contributed by atoms with E-state index in [0.29, 0.717) is 30.4 Å². The van der Waals surface area contributed by atoms with Gasteiger partial charge in [0.15, 0.2) is 5.69 Å². The number of alkyl halides is 3. The SMILES string of the molecule is O=C(c1ccc(-n2ccc(C(F)(F)F)n2)cc1)N1CCCC(c2nncn2C2CC2)C1. The summed E-state index contributed by atoms with van der Waals surface area (Å²) >= 11 is 0. The van der Waals surface area contributed by atoms with E-state index in [0.717, 1.165) is 42.3 Å². The molecule has 3 heterocycles. The lowest BCUT2D eigenvalue weighted by atomic mass is 9.96. The van der Waals surface area contributed by atoms with Crippen LogP contribution < -0.4 is 0 Å². The standard InChI is InChI=1S/C21H21F3N6O/c22-21(23,24)18-9-11-30(27-18)17-5-3-14(4-6-17)20(31)28-10-1-2-15(12-28)19-26-25-13-29(19)16-7-8-16/h3-6,9,11,13,15-16H,1-2,7-8,10,12H2. The molecule has 2 fully saturated rings. The number of likely N-dealkylation sites (tertiary alicyclic amines) is 1. The average Bonchev–Trinajstić information content (AvgIpc) is 3.27. The fourth-order valence-corrected chi connectivity index (χ4v) is 4.11. The van der Waals surface area contributed by atoms with E-state index in [-0.39, 0.29) is 11.8 Å². The molecular formula is C21H21F3N6O. The minimum Gasteiger partial charge on any atom is -0.338 e. The zero-order chi connectivity index (χ0) is 21.6. The van der Waals surface area contributed by atoms with Gasteiger partial charge in [-0.3, -0.25) is 4.79 Å². The lowest BCUT2D eigenvalue weighted by Crippen LogP contribution is -2.39. The second-order valence-electron chi connectivity index (χ2n) is 8.11. The maximum absolute atomic E-state index is 13.0. The van der Waals surface area contributed by atoms with Crippen LogP contribution in [0, 0.1) is 0 Å². The van der Waals surface area contributed by atoms with E-state index in [2.05, 4.69) is 19.9 Å². The van der Waals surface area contributed by atoms with Gasteiger partial charge in [-0.15, -0.1) is 10.2 Å². The van der Waals surface area contributed by atoms with Crippen LogP contribution in [0.1, 0.15) is 59.5 Å². The van der Waals surface area contributed by atoms with Gasteiger partial charge in [0.1, 0.15) is 12.2 Å². The number of hydrogen-bond donors (Lipinski definition) is 0. The number of halogens is 3. The molecule has 1 amide bonds. The molecule has 7 nitrogen and oxygen atoms in total. The van der Waals surface area contributed by atoms with E-state index < -0.39 is 11.9 Å². The lowest BCUT2D eigenvalue weighted by Gasteiger charge is -2.32. The molecule has 162 valence electrons. The number of piperidine rings is 1. The van der Waals surface area contributed by atoms with Crippen LogP contribution in [-0.4, -0.2) is 48.4 Å². The van der Waals surface area contributed by atoms with Crippen molar-refractivity contribution in [2.45, 2.75) is 43.8 Å². The molecule has 2 aliphatic rings. The highest BCUT2D eigenvalue weighted by Crippen LogP contribution is 2.38. The third kappa shape index (κ3) is 3.94. The van der Waals surface area contributed by atoms with Crippen LogP contribution in [0.2, 0.25) is 0 Å². The fourth-order valence-electron chi connectivity index (χ4n) is 4.11. The molecule has 0 N–H and O–H groups in total. The molecule has 0 radical (unpaired) electrons. The van der Waals surface area contributed by atoms with Crippen molar-refractivity contribution >= 4 is 5.91 Å². The van der Waals surface area contributed by atoms with Gasteiger partial charge < -0.3 is 9.47 Å². The Morgan fingerprint density at radius 3 is 2.52 bits per heavy atom. The lowest BCUT2D eigenvalue weighted by molar-refractivity contribution is -0.141. The Bertz CT molecular complexity index is 1080. The van der Waals surface area contributed by atoms with Gasteiger partial charge in [0.25, 0.3) is 5.91 Å². The first kappa shape index (κ1) is 19.8. The Morgan fingerprint density at radius 2 is 1.84 bits per heavy atom. The van der Waals surface area contributed by atoms with Gasteiger partial charge in [-0.1, -0.05) is 0 Å². The fraction of sp³-hybridized carbons (Fsp3) is 0.429. The van der Waals surface area contributed by atoms with Crippen LogP contribution in [0.4, 0.5) is 13.2 Å². The summed E-state index contributed by atoms with van der Waals surface area (Å²) in [6.45, 7) is 1.25. The average molecular weight is 430 g/mol. The van der Waals surface area contributed by atoms with Crippen LogP contribution >= 0.6 is 0 Å². The van der Waals surface area contributed by atoms with E-state index >= 15 is 0 Å². The monoisotopic (exact) mass is 430 g/mol. The first-order chi connectivity index (χ1) is 14.9. The summed E-state index contributed by atoms with van der Waals surface area (Å²) in [4.78, 5) is 14.9. The zero-order valence-electron chi connectivity index (χ0n) is 16.7. The number of aromatic nitrogens is 5. The van der Waals surface area contributed by atoms with Gasteiger partial charge in [-0.2, -0.15) is 18.3 Å².